The second-order valence-corrected chi connectivity index (χ2v) is 6.41. The van der Waals surface area contributed by atoms with Gasteiger partial charge >= 0.3 is 11.6 Å². The van der Waals surface area contributed by atoms with Gasteiger partial charge in [-0.05, 0) is 29.8 Å². The average molecular weight is 398 g/mol. The van der Waals surface area contributed by atoms with E-state index in [-0.39, 0.29) is 11.1 Å². The summed E-state index contributed by atoms with van der Waals surface area (Å²) in [7, 11) is 1.29. The minimum Gasteiger partial charge on any atom is -0.465 e. The molecule has 0 aliphatic carbocycles. The molecule has 2 aromatic carbocycles. The van der Waals surface area contributed by atoms with Crippen molar-refractivity contribution in [1.82, 2.24) is 4.40 Å². The van der Waals surface area contributed by atoms with Crippen molar-refractivity contribution < 1.29 is 13.9 Å². The molecule has 0 unspecified atom stereocenters. The van der Waals surface area contributed by atoms with Crippen molar-refractivity contribution in [2.45, 2.75) is 0 Å². The summed E-state index contributed by atoms with van der Waals surface area (Å²) in [5.74, 6) is -0.581. The molecule has 124 valence electrons. The van der Waals surface area contributed by atoms with Crippen LogP contribution in [-0.2, 0) is 4.74 Å². The third-order valence-corrected chi connectivity index (χ3v) is 4.60. The fourth-order valence-corrected chi connectivity index (χ4v) is 3.21. The van der Waals surface area contributed by atoms with Crippen molar-refractivity contribution in [2.75, 3.05) is 7.11 Å². The Morgan fingerprint density at radius 1 is 1.12 bits per heavy atom. The van der Waals surface area contributed by atoms with E-state index in [0.717, 1.165) is 10.0 Å². The zero-order valence-corrected chi connectivity index (χ0v) is 14.7. The van der Waals surface area contributed by atoms with Gasteiger partial charge in [0, 0.05) is 16.2 Å². The van der Waals surface area contributed by atoms with Crippen LogP contribution in [0.5, 0.6) is 0 Å². The van der Waals surface area contributed by atoms with Crippen molar-refractivity contribution in [2.24, 2.45) is 0 Å². The zero-order chi connectivity index (χ0) is 17.6. The third-order valence-electron chi connectivity index (χ3n) is 4.07. The van der Waals surface area contributed by atoms with E-state index in [9.17, 15) is 9.59 Å². The maximum absolute atomic E-state index is 12.5. The Kier molecular flexibility index (Phi) is 3.69. The number of ether oxygens (including phenoxy) is 1. The molecule has 0 fully saturated rings. The normalized spacial score (nSPS) is 11.1. The summed E-state index contributed by atoms with van der Waals surface area (Å²) < 4.78 is 12.9. The molecule has 0 N–H and O–H groups in total. The third kappa shape index (κ3) is 2.46. The Labute approximate surface area is 150 Å². The van der Waals surface area contributed by atoms with Gasteiger partial charge in [0.2, 0.25) is 0 Å². The smallest absolute Gasteiger partial charge is 0.361 e. The molecule has 0 aliphatic rings. The summed E-state index contributed by atoms with van der Waals surface area (Å²) in [6, 6.07) is 14.7. The molecule has 0 radical (unpaired) electrons. The predicted octanol–water partition coefficient (Wildman–Crippen LogP) is 4.26. The first-order chi connectivity index (χ1) is 12.1. The maximum Gasteiger partial charge on any atom is 0.361 e. The van der Waals surface area contributed by atoms with Crippen LogP contribution in [0, 0.1) is 0 Å². The molecule has 0 saturated carbocycles. The lowest BCUT2D eigenvalue weighted by Gasteiger charge is -2.03. The molecular formula is C19H12BrNO4. The summed E-state index contributed by atoms with van der Waals surface area (Å²) in [5.41, 5.74) is 2.36. The molecule has 0 aliphatic heterocycles. The quantitative estimate of drug-likeness (QED) is 0.474. The number of methoxy groups -OCH3 is 1. The first-order valence-electron chi connectivity index (χ1n) is 7.51. The summed E-state index contributed by atoms with van der Waals surface area (Å²) in [6.07, 6.45) is 1.77. The van der Waals surface area contributed by atoms with E-state index < -0.39 is 11.6 Å². The van der Waals surface area contributed by atoms with Crippen LogP contribution in [0.4, 0.5) is 0 Å². The second kappa shape index (κ2) is 5.89. The van der Waals surface area contributed by atoms with Crippen LogP contribution in [0.15, 0.2) is 68.4 Å². The lowest BCUT2D eigenvalue weighted by atomic mass is 10.0. The number of hydrogen-bond donors (Lipinski definition) is 0. The largest absolute Gasteiger partial charge is 0.465 e. The zero-order valence-electron chi connectivity index (χ0n) is 13.2. The van der Waals surface area contributed by atoms with Crippen molar-refractivity contribution in [3.05, 3.63) is 75.2 Å². The summed E-state index contributed by atoms with van der Waals surface area (Å²) in [5, 5.41) is 0. The van der Waals surface area contributed by atoms with E-state index in [1.54, 1.807) is 22.7 Å². The highest BCUT2D eigenvalue weighted by atomic mass is 79.9. The molecule has 25 heavy (non-hydrogen) atoms. The van der Waals surface area contributed by atoms with Gasteiger partial charge in [-0.25, -0.2) is 9.59 Å². The number of nitrogens with zero attached hydrogens (tertiary/aromatic N) is 1. The maximum atomic E-state index is 12.5. The van der Waals surface area contributed by atoms with E-state index in [0.29, 0.717) is 16.7 Å². The monoisotopic (exact) mass is 397 g/mol. The number of hydrogen-bond acceptors (Lipinski definition) is 4. The number of halogens is 1. The van der Waals surface area contributed by atoms with Gasteiger partial charge in [0.25, 0.3) is 0 Å². The lowest BCUT2D eigenvalue weighted by Crippen LogP contribution is -2.10. The number of para-hydroxylation sites is 2. The van der Waals surface area contributed by atoms with Crippen LogP contribution in [0.1, 0.15) is 10.4 Å². The Hall–Kier alpha value is -2.86. The van der Waals surface area contributed by atoms with Crippen LogP contribution in [0.25, 0.3) is 27.7 Å². The fourth-order valence-electron chi connectivity index (χ4n) is 2.94. The Balaban J connectivity index is 2.17. The standard InChI is InChI=1S/C19H12BrNO4/c1-24-18(22)16-13(11-6-8-12(20)9-7-11)10-21-14-4-2-3-5-15(14)25-19(23)17(16)21/h2-10H,1H3. The number of aromatic nitrogens is 1. The topological polar surface area (TPSA) is 60.9 Å². The minimum atomic E-state index is -0.581. The number of esters is 1. The van der Waals surface area contributed by atoms with Gasteiger partial charge in [0.05, 0.1) is 12.6 Å². The van der Waals surface area contributed by atoms with Crippen molar-refractivity contribution >= 4 is 38.5 Å². The van der Waals surface area contributed by atoms with Crippen LogP contribution >= 0.6 is 15.9 Å². The van der Waals surface area contributed by atoms with Crippen LogP contribution in [0.2, 0.25) is 0 Å². The predicted molar refractivity (Wildman–Crippen MR) is 97.9 cm³/mol. The lowest BCUT2D eigenvalue weighted by molar-refractivity contribution is 0.0603. The molecule has 0 spiro atoms. The Bertz CT molecular complexity index is 1170. The highest BCUT2D eigenvalue weighted by Crippen LogP contribution is 2.31. The first-order valence-corrected chi connectivity index (χ1v) is 8.30. The van der Waals surface area contributed by atoms with E-state index in [4.69, 9.17) is 9.15 Å². The Morgan fingerprint density at radius 2 is 1.84 bits per heavy atom. The molecule has 2 heterocycles. The van der Waals surface area contributed by atoms with Crippen molar-refractivity contribution in [1.29, 1.82) is 0 Å². The van der Waals surface area contributed by atoms with Gasteiger partial charge in [-0.15, -0.1) is 0 Å². The molecule has 4 rings (SSSR count). The number of fused-ring (bicyclic) bond motifs is 3. The summed E-state index contributed by atoms with van der Waals surface area (Å²) in [6.45, 7) is 0. The molecule has 2 aromatic heterocycles. The van der Waals surface area contributed by atoms with Gasteiger partial charge < -0.3 is 13.6 Å². The van der Waals surface area contributed by atoms with Gasteiger partial charge in [-0.1, -0.05) is 40.2 Å². The van der Waals surface area contributed by atoms with Crippen LogP contribution < -0.4 is 5.63 Å². The highest BCUT2D eigenvalue weighted by molar-refractivity contribution is 9.10. The van der Waals surface area contributed by atoms with Crippen LogP contribution in [0.3, 0.4) is 0 Å². The van der Waals surface area contributed by atoms with Crippen molar-refractivity contribution in [3.63, 3.8) is 0 Å². The highest BCUT2D eigenvalue weighted by Gasteiger charge is 2.24. The number of carbonyl (C=O) groups is 1. The molecule has 0 amide bonds. The average Bonchev–Trinajstić information content (AvgIpc) is 3.03. The SMILES string of the molecule is COC(=O)c1c(-c2ccc(Br)cc2)cn2c1c(=O)oc1ccccc12. The molecule has 4 aromatic rings. The Morgan fingerprint density at radius 3 is 2.56 bits per heavy atom. The number of carbonyl (C=O) groups excluding carboxylic acids is 1. The van der Waals surface area contributed by atoms with E-state index in [1.165, 1.54) is 7.11 Å². The molecule has 6 heteroatoms. The van der Waals surface area contributed by atoms with E-state index in [1.807, 2.05) is 36.4 Å². The molecule has 5 nitrogen and oxygen atoms in total. The summed E-state index contributed by atoms with van der Waals surface area (Å²) in [4.78, 5) is 24.9. The minimum absolute atomic E-state index is 0.170. The molecule has 0 bridgehead atoms. The van der Waals surface area contributed by atoms with Gasteiger partial charge in [-0.3, -0.25) is 0 Å². The second-order valence-electron chi connectivity index (χ2n) is 5.49. The van der Waals surface area contributed by atoms with Gasteiger partial charge in [0.15, 0.2) is 5.58 Å². The van der Waals surface area contributed by atoms with Gasteiger partial charge in [-0.2, -0.15) is 0 Å². The fraction of sp³-hybridized carbons (Fsp3) is 0.0526. The molecular weight excluding hydrogens is 386 g/mol. The van der Waals surface area contributed by atoms with Crippen LogP contribution in [-0.4, -0.2) is 17.5 Å². The molecule has 0 atom stereocenters. The molecule has 0 saturated heterocycles. The van der Waals surface area contributed by atoms with E-state index >= 15 is 0 Å². The first kappa shape index (κ1) is 15.7. The van der Waals surface area contributed by atoms with Crippen molar-refractivity contribution in [3.8, 4) is 11.1 Å². The number of rotatable bonds is 2. The van der Waals surface area contributed by atoms with E-state index in [2.05, 4.69) is 15.9 Å². The number of benzene rings is 2. The van der Waals surface area contributed by atoms with Gasteiger partial charge in [0.1, 0.15) is 11.1 Å². The summed E-state index contributed by atoms with van der Waals surface area (Å²) >= 11 is 3.40.